The quantitative estimate of drug-likeness (QED) is 0.521. The van der Waals surface area contributed by atoms with Crippen molar-refractivity contribution in [1.82, 2.24) is 14.1 Å². The van der Waals surface area contributed by atoms with Gasteiger partial charge in [0.1, 0.15) is 11.5 Å². The fourth-order valence-corrected chi connectivity index (χ4v) is 3.82. The molecule has 6 nitrogen and oxygen atoms in total. The molecule has 0 aliphatic heterocycles. The Hall–Kier alpha value is -3.58. The van der Waals surface area contributed by atoms with E-state index in [9.17, 15) is 19.1 Å². The van der Waals surface area contributed by atoms with Crippen molar-refractivity contribution in [3.8, 4) is 11.1 Å². The van der Waals surface area contributed by atoms with Gasteiger partial charge in [-0.15, -0.1) is 0 Å². The van der Waals surface area contributed by atoms with E-state index in [4.69, 9.17) is 0 Å². The summed E-state index contributed by atoms with van der Waals surface area (Å²) in [5.41, 5.74) is 2.24. The van der Waals surface area contributed by atoms with Crippen LogP contribution in [-0.4, -0.2) is 25.8 Å². The number of aryl methyl sites for hydroxylation is 1. The predicted molar refractivity (Wildman–Crippen MR) is 118 cm³/mol. The number of aliphatic hydroxyl groups is 1. The molecular weight excluding hydrogens is 397 g/mol. The lowest BCUT2D eigenvalue weighted by Crippen LogP contribution is -2.40. The minimum Gasteiger partial charge on any atom is -0.396 e. The number of hydrogen-bond donors (Lipinski definition) is 1. The van der Waals surface area contributed by atoms with Crippen LogP contribution in [0.25, 0.3) is 22.2 Å². The van der Waals surface area contributed by atoms with E-state index < -0.39 is 11.2 Å². The summed E-state index contributed by atoms with van der Waals surface area (Å²) in [6.07, 6.45) is 2.29. The maximum absolute atomic E-state index is 14.0. The number of benzene rings is 2. The first-order chi connectivity index (χ1) is 15.0. The molecule has 0 bridgehead atoms. The highest BCUT2D eigenvalue weighted by Crippen LogP contribution is 2.29. The van der Waals surface area contributed by atoms with Crippen molar-refractivity contribution in [1.29, 1.82) is 0 Å². The molecule has 7 heteroatoms. The van der Waals surface area contributed by atoms with Crippen molar-refractivity contribution in [3.05, 3.63) is 98.6 Å². The van der Waals surface area contributed by atoms with Crippen LogP contribution in [0.2, 0.25) is 0 Å². The summed E-state index contributed by atoms with van der Waals surface area (Å²) in [5, 5.41) is 9.51. The van der Waals surface area contributed by atoms with Crippen LogP contribution in [0.15, 0.2) is 70.4 Å². The van der Waals surface area contributed by atoms with Crippen molar-refractivity contribution in [2.24, 2.45) is 7.05 Å². The average molecular weight is 419 g/mol. The van der Waals surface area contributed by atoms with Crippen LogP contribution in [0.3, 0.4) is 0 Å². The molecule has 0 radical (unpaired) electrons. The van der Waals surface area contributed by atoms with Gasteiger partial charge >= 0.3 is 5.69 Å². The maximum atomic E-state index is 14.0. The first kappa shape index (κ1) is 20.7. The summed E-state index contributed by atoms with van der Waals surface area (Å²) >= 11 is 0. The summed E-state index contributed by atoms with van der Waals surface area (Å²) in [4.78, 5) is 30.6. The maximum Gasteiger partial charge on any atom is 0.332 e. The zero-order valence-electron chi connectivity index (χ0n) is 17.1. The smallest absolute Gasteiger partial charge is 0.332 e. The molecule has 0 fully saturated rings. The van der Waals surface area contributed by atoms with E-state index in [1.54, 1.807) is 25.4 Å². The van der Waals surface area contributed by atoms with Gasteiger partial charge in [0.2, 0.25) is 0 Å². The Bertz CT molecular complexity index is 1360. The molecule has 2 aromatic heterocycles. The van der Waals surface area contributed by atoms with Gasteiger partial charge in [-0.2, -0.15) is 0 Å². The van der Waals surface area contributed by atoms with Crippen LogP contribution in [0.5, 0.6) is 0 Å². The fraction of sp³-hybridized carbons (Fsp3) is 0.208. The van der Waals surface area contributed by atoms with E-state index >= 15 is 0 Å². The third-order valence-corrected chi connectivity index (χ3v) is 5.36. The van der Waals surface area contributed by atoms with E-state index in [-0.39, 0.29) is 31.0 Å². The molecule has 4 aromatic rings. The minimum absolute atomic E-state index is 0.104. The second kappa shape index (κ2) is 8.65. The average Bonchev–Trinajstić information content (AvgIpc) is 2.78. The minimum atomic E-state index is -0.484. The van der Waals surface area contributed by atoms with E-state index in [0.29, 0.717) is 28.5 Å². The summed E-state index contributed by atoms with van der Waals surface area (Å²) in [5.74, 6) is -0.385. The van der Waals surface area contributed by atoms with E-state index in [1.807, 2.05) is 30.3 Å². The Morgan fingerprint density at radius 1 is 1.06 bits per heavy atom. The Morgan fingerprint density at radius 3 is 2.55 bits per heavy atom. The zero-order valence-corrected chi connectivity index (χ0v) is 17.1. The third kappa shape index (κ3) is 3.92. The molecule has 2 heterocycles. The molecule has 158 valence electrons. The van der Waals surface area contributed by atoms with Crippen molar-refractivity contribution < 1.29 is 9.50 Å². The number of aliphatic hydroxyl groups excluding tert-OH is 1. The number of pyridine rings is 1. The molecule has 0 spiro atoms. The topological polar surface area (TPSA) is 77.1 Å². The molecular formula is C24H22FN3O3. The Labute approximate surface area is 177 Å². The van der Waals surface area contributed by atoms with E-state index in [0.717, 1.165) is 10.1 Å². The van der Waals surface area contributed by atoms with E-state index in [2.05, 4.69) is 4.98 Å². The highest BCUT2D eigenvalue weighted by atomic mass is 19.1. The Morgan fingerprint density at radius 2 is 1.84 bits per heavy atom. The molecule has 0 unspecified atom stereocenters. The van der Waals surface area contributed by atoms with Crippen molar-refractivity contribution in [3.63, 3.8) is 0 Å². The van der Waals surface area contributed by atoms with Gasteiger partial charge in [0, 0.05) is 32.0 Å². The van der Waals surface area contributed by atoms with Crippen LogP contribution >= 0.6 is 0 Å². The third-order valence-electron chi connectivity index (χ3n) is 5.36. The summed E-state index contributed by atoms with van der Waals surface area (Å²) in [6, 6.07) is 15.8. The highest BCUT2D eigenvalue weighted by molar-refractivity contribution is 5.86. The monoisotopic (exact) mass is 419 g/mol. The number of hydrogen-bond acceptors (Lipinski definition) is 4. The standard InChI is InChI=1S/C24H22FN3O3/c1-27-22-21(23(30)28(24(27)31)11-6-12-29)19(13-16-7-3-2-4-8-16)20(15-26-22)17-9-5-10-18(25)14-17/h2-5,7-10,14-15,29H,6,11-13H2,1H3. The molecule has 4 rings (SSSR count). The molecule has 2 aromatic carbocycles. The Balaban J connectivity index is 2.07. The van der Waals surface area contributed by atoms with Gasteiger partial charge < -0.3 is 5.11 Å². The van der Waals surface area contributed by atoms with Gasteiger partial charge in [-0.3, -0.25) is 13.9 Å². The molecule has 0 saturated carbocycles. The SMILES string of the molecule is Cn1c(=O)n(CCCO)c(=O)c2c(Cc3ccccc3)c(-c3cccc(F)c3)cnc21. The van der Waals surface area contributed by atoms with Gasteiger partial charge in [0.25, 0.3) is 5.56 Å². The fourth-order valence-electron chi connectivity index (χ4n) is 3.82. The highest BCUT2D eigenvalue weighted by Gasteiger charge is 2.19. The predicted octanol–water partition coefficient (Wildman–Crippen LogP) is 2.87. The van der Waals surface area contributed by atoms with Crippen LogP contribution in [0.4, 0.5) is 4.39 Å². The van der Waals surface area contributed by atoms with Gasteiger partial charge in [-0.1, -0.05) is 42.5 Å². The largest absolute Gasteiger partial charge is 0.396 e. The van der Waals surface area contributed by atoms with Crippen LogP contribution in [0.1, 0.15) is 17.5 Å². The van der Waals surface area contributed by atoms with Crippen LogP contribution in [0, 0.1) is 5.82 Å². The van der Waals surface area contributed by atoms with Crippen LogP contribution < -0.4 is 11.2 Å². The van der Waals surface area contributed by atoms with Crippen molar-refractivity contribution in [2.75, 3.05) is 6.61 Å². The first-order valence-corrected chi connectivity index (χ1v) is 10.0. The number of rotatable bonds is 6. The number of nitrogens with zero attached hydrogens (tertiary/aromatic N) is 3. The number of aromatic nitrogens is 3. The lowest BCUT2D eigenvalue weighted by Gasteiger charge is -2.16. The molecule has 1 N–H and O–H groups in total. The van der Waals surface area contributed by atoms with Gasteiger partial charge in [0.15, 0.2) is 0 Å². The molecule has 0 atom stereocenters. The summed E-state index contributed by atoms with van der Waals surface area (Å²) in [6.45, 7) is -0.0288. The Kier molecular flexibility index (Phi) is 5.77. The molecule has 0 saturated heterocycles. The van der Waals surface area contributed by atoms with Gasteiger partial charge in [-0.25, -0.2) is 14.2 Å². The second-order valence-corrected chi connectivity index (χ2v) is 7.40. The molecule has 0 aliphatic carbocycles. The molecule has 31 heavy (non-hydrogen) atoms. The number of fused-ring (bicyclic) bond motifs is 1. The zero-order chi connectivity index (χ0) is 22.0. The lowest BCUT2D eigenvalue weighted by molar-refractivity contribution is 0.277. The summed E-state index contributed by atoms with van der Waals surface area (Å²) < 4.78 is 16.4. The lowest BCUT2D eigenvalue weighted by atomic mass is 9.94. The van der Waals surface area contributed by atoms with Crippen molar-refractivity contribution in [2.45, 2.75) is 19.4 Å². The molecule has 0 aliphatic rings. The second-order valence-electron chi connectivity index (χ2n) is 7.40. The van der Waals surface area contributed by atoms with Crippen molar-refractivity contribution >= 4 is 11.0 Å². The number of halogens is 1. The van der Waals surface area contributed by atoms with Crippen LogP contribution in [-0.2, 0) is 20.0 Å². The normalized spacial score (nSPS) is 11.2. The molecule has 0 amide bonds. The van der Waals surface area contributed by atoms with Gasteiger partial charge in [-0.05, 0) is 41.7 Å². The van der Waals surface area contributed by atoms with Gasteiger partial charge in [0.05, 0.1) is 5.39 Å². The first-order valence-electron chi connectivity index (χ1n) is 10.0. The van der Waals surface area contributed by atoms with E-state index in [1.165, 1.54) is 16.7 Å². The summed E-state index contributed by atoms with van der Waals surface area (Å²) in [7, 11) is 1.57.